The maximum absolute atomic E-state index is 5.81. The number of hydrogen-bond acceptors (Lipinski definition) is 1. The molecule has 0 heterocycles. The van der Waals surface area contributed by atoms with Crippen molar-refractivity contribution in [2.45, 2.75) is 31.7 Å². The molecule has 0 fully saturated rings. The number of benzene rings is 1. The molecule has 2 N–H and O–H groups in total. The van der Waals surface area contributed by atoms with Gasteiger partial charge in [-0.15, -0.1) is 12.3 Å². The van der Waals surface area contributed by atoms with Crippen LogP contribution in [0.4, 0.5) is 0 Å². The van der Waals surface area contributed by atoms with E-state index in [9.17, 15) is 0 Å². The molecule has 74 valence electrons. The fourth-order valence-electron chi connectivity index (χ4n) is 1.47. The zero-order chi connectivity index (χ0) is 10.2. The van der Waals surface area contributed by atoms with Crippen molar-refractivity contribution >= 4 is 0 Å². The standard InChI is InChI=1S/C13H17N/c1-2-7-13(14)11-6-10-12-8-4-3-5-9-12/h1,3-5,8-9,13H,6-7,10-11,14H2. The van der Waals surface area contributed by atoms with E-state index < -0.39 is 0 Å². The van der Waals surface area contributed by atoms with Gasteiger partial charge in [0.2, 0.25) is 0 Å². The molecule has 0 aliphatic rings. The SMILES string of the molecule is C#CCC(N)CCCc1ccccc1. The maximum Gasteiger partial charge on any atom is 0.0238 e. The smallest absolute Gasteiger partial charge is 0.0238 e. The zero-order valence-corrected chi connectivity index (χ0v) is 8.45. The van der Waals surface area contributed by atoms with Gasteiger partial charge in [-0.05, 0) is 24.8 Å². The molecule has 14 heavy (non-hydrogen) atoms. The lowest BCUT2D eigenvalue weighted by atomic mass is 10.0. The van der Waals surface area contributed by atoms with Gasteiger partial charge in [0.15, 0.2) is 0 Å². The summed E-state index contributed by atoms with van der Waals surface area (Å²) >= 11 is 0. The number of aryl methyl sites for hydroxylation is 1. The van der Waals surface area contributed by atoms with E-state index in [1.165, 1.54) is 5.56 Å². The molecule has 0 amide bonds. The minimum Gasteiger partial charge on any atom is -0.327 e. The van der Waals surface area contributed by atoms with Gasteiger partial charge in [-0.1, -0.05) is 30.3 Å². The van der Waals surface area contributed by atoms with E-state index in [0.717, 1.165) is 19.3 Å². The van der Waals surface area contributed by atoms with E-state index in [-0.39, 0.29) is 6.04 Å². The normalized spacial score (nSPS) is 12.0. The minimum absolute atomic E-state index is 0.170. The summed E-state index contributed by atoms with van der Waals surface area (Å²) in [6, 6.07) is 10.6. The lowest BCUT2D eigenvalue weighted by Crippen LogP contribution is -2.18. The topological polar surface area (TPSA) is 26.0 Å². The van der Waals surface area contributed by atoms with Gasteiger partial charge in [0.05, 0.1) is 0 Å². The number of hydrogen-bond donors (Lipinski definition) is 1. The van der Waals surface area contributed by atoms with Crippen molar-refractivity contribution in [2.24, 2.45) is 5.73 Å². The summed E-state index contributed by atoms with van der Waals surface area (Å²) in [7, 11) is 0. The Hall–Kier alpha value is -1.26. The monoisotopic (exact) mass is 187 g/mol. The molecule has 1 unspecified atom stereocenters. The summed E-state index contributed by atoms with van der Waals surface area (Å²) in [4.78, 5) is 0. The molecule has 1 atom stereocenters. The average Bonchev–Trinajstić information content (AvgIpc) is 2.20. The second-order valence-corrected chi connectivity index (χ2v) is 3.55. The Balaban J connectivity index is 2.19. The van der Waals surface area contributed by atoms with Crippen molar-refractivity contribution in [3.8, 4) is 12.3 Å². The molecule has 0 aliphatic carbocycles. The van der Waals surface area contributed by atoms with Crippen molar-refractivity contribution in [3.63, 3.8) is 0 Å². The molecule has 0 aromatic heterocycles. The molecule has 0 radical (unpaired) electrons. The summed E-state index contributed by atoms with van der Waals surface area (Å²) in [5, 5.41) is 0. The summed E-state index contributed by atoms with van der Waals surface area (Å²) in [6.45, 7) is 0. The van der Waals surface area contributed by atoms with E-state index in [0.29, 0.717) is 6.42 Å². The van der Waals surface area contributed by atoms with Gasteiger partial charge >= 0.3 is 0 Å². The van der Waals surface area contributed by atoms with Crippen molar-refractivity contribution in [1.82, 2.24) is 0 Å². The highest BCUT2D eigenvalue weighted by Gasteiger charge is 1.99. The van der Waals surface area contributed by atoms with E-state index in [2.05, 4.69) is 30.2 Å². The molecule has 0 aliphatic heterocycles. The molecule has 1 heteroatoms. The average molecular weight is 187 g/mol. The third-order valence-electron chi connectivity index (χ3n) is 2.26. The van der Waals surface area contributed by atoms with Crippen LogP contribution in [-0.2, 0) is 6.42 Å². The molecule has 0 saturated carbocycles. The van der Waals surface area contributed by atoms with Crippen LogP contribution in [-0.4, -0.2) is 6.04 Å². The first-order valence-electron chi connectivity index (χ1n) is 5.06. The fourth-order valence-corrected chi connectivity index (χ4v) is 1.47. The number of rotatable bonds is 5. The van der Waals surface area contributed by atoms with Crippen LogP contribution in [0, 0.1) is 12.3 Å². The van der Waals surface area contributed by atoms with Crippen molar-refractivity contribution in [3.05, 3.63) is 35.9 Å². The highest BCUT2D eigenvalue weighted by molar-refractivity contribution is 5.14. The lowest BCUT2D eigenvalue weighted by Gasteiger charge is -2.07. The van der Waals surface area contributed by atoms with Crippen molar-refractivity contribution in [2.75, 3.05) is 0 Å². The quantitative estimate of drug-likeness (QED) is 0.704. The predicted molar refractivity (Wildman–Crippen MR) is 60.8 cm³/mol. The van der Waals surface area contributed by atoms with Crippen LogP contribution in [0.2, 0.25) is 0 Å². The summed E-state index contributed by atoms with van der Waals surface area (Å²) in [5.41, 5.74) is 7.18. The second-order valence-electron chi connectivity index (χ2n) is 3.55. The van der Waals surface area contributed by atoms with Gasteiger partial charge < -0.3 is 5.73 Å². The van der Waals surface area contributed by atoms with E-state index in [1.54, 1.807) is 0 Å². The number of nitrogens with two attached hydrogens (primary N) is 1. The minimum atomic E-state index is 0.170. The summed E-state index contributed by atoms with van der Waals surface area (Å²) < 4.78 is 0. The Kier molecular flexibility index (Phi) is 4.82. The van der Waals surface area contributed by atoms with E-state index >= 15 is 0 Å². The Morgan fingerprint density at radius 1 is 1.29 bits per heavy atom. The van der Waals surface area contributed by atoms with Crippen LogP contribution in [0.3, 0.4) is 0 Å². The van der Waals surface area contributed by atoms with Gasteiger partial charge in [0.25, 0.3) is 0 Å². The maximum atomic E-state index is 5.81. The van der Waals surface area contributed by atoms with Gasteiger partial charge in [0, 0.05) is 12.5 Å². The second kappa shape index (κ2) is 6.23. The summed E-state index contributed by atoms with van der Waals surface area (Å²) in [6.07, 6.45) is 9.10. The van der Waals surface area contributed by atoms with E-state index in [1.807, 2.05) is 6.07 Å². The first kappa shape index (κ1) is 10.8. The van der Waals surface area contributed by atoms with Gasteiger partial charge in [-0.2, -0.15) is 0 Å². The highest BCUT2D eigenvalue weighted by Crippen LogP contribution is 2.06. The predicted octanol–water partition coefficient (Wildman–Crippen LogP) is 2.36. The van der Waals surface area contributed by atoms with E-state index in [4.69, 9.17) is 12.2 Å². The van der Waals surface area contributed by atoms with Gasteiger partial charge in [-0.3, -0.25) is 0 Å². The third kappa shape index (κ3) is 4.11. The molecule has 1 nitrogen and oxygen atoms in total. The van der Waals surface area contributed by atoms with Crippen molar-refractivity contribution < 1.29 is 0 Å². The molecular weight excluding hydrogens is 170 g/mol. The largest absolute Gasteiger partial charge is 0.327 e. The molecule has 0 bridgehead atoms. The van der Waals surface area contributed by atoms with Gasteiger partial charge in [-0.25, -0.2) is 0 Å². The molecule has 1 aromatic carbocycles. The van der Waals surface area contributed by atoms with Crippen LogP contribution in [0.15, 0.2) is 30.3 Å². The molecule has 1 aromatic rings. The first-order chi connectivity index (χ1) is 6.83. The van der Waals surface area contributed by atoms with Crippen LogP contribution in [0.1, 0.15) is 24.8 Å². The molecule has 0 saturated heterocycles. The highest BCUT2D eigenvalue weighted by atomic mass is 14.6. The Labute approximate surface area is 86.3 Å². The lowest BCUT2D eigenvalue weighted by molar-refractivity contribution is 0.595. The molecule has 0 spiro atoms. The first-order valence-corrected chi connectivity index (χ1v) is 5.06. The Morgan fingerprint density at radius 2 is 2.00 bits per heavy atom. The molecular formula is C13H17N. The third-order valence-corrected chi connectivity index (χ3v) is 2.26. The fraction of sp³-hybridized carbons (Fsp3) is 0.385. The molecule has 1 rings (SSSR count). The summed E-state index contributed by atoms with van der Waals surface area (Å²) in [5.74, 6) is 2.59. The Bertz CT molecular complexity index is 284. The van der Waals surface area contributed by atoms with Crippen LogP contribution in [0.25, 0.3) is 0 Å². The number of terminal acetylenes is 1. The zero-order valence-electron chi connectivity index (χ0n) is 8.45. The van der Waals surface area contributed by atoms with Crippen molar-refractivity contribution in [1.29, 1.82) is 0 Å². The van der Waals surface area contributed by atoms with Gasteiger partial charge in [0.1, 0.15) is 0 Å². The van der Waals surface area contributed by atoms with Crippen LogP contribution < -0.4 is 5.73 Å². The van der Waals surface area contributed by atoms with Crippen LogP contribution >= 0.6 is 0 Å². The Morgan fingerprint density at radius 3 is 2.64 bits per heavy atom. The van der Waals surface area contributed by atoms with Crippen LogP contribution in [0.5, 0.6) is 0 Å².